The Morgan fingerprint density at radius 2 is 2.06 bits per heavy atom. The smallest absolute Gasteiger partial charge is 0.421 e. The highest BCUT2D eigenvalue weighted by Crippen LogP contribution is 1.94. The second-order valence-electron chi connectivity index (χ2n) is 3.07. The van der Waals surface area contributed by atoms with Crippen molar-refractivity contribution in [2.75, 3.05) is 13.2 Å². The van der Waals surface area contributed by atoms with Crippen molar-refractivity contribution in [2.45, 2.75) is 32.8 Å². The third-order valence-corrected chi connectivity index (χ3v) is 2.75. The largest absolute Gasteiger partial charge is 0.449 e. The van der Waals surface area contributed by atoms with Gasteiger partial charge in [-0.15, -0.1) is 0 Å². The summed E-state index contributed by atoms with van der Waals surface area (Å²) < 4.78 is 30.6. The fourth-order valence-electron chi connectivity index (χ4n) is 0.870. The van der Waals surface area contributed by atoms with Crippen LogP contribution in [0, 0.1) is 0 Å². The molecule has 0 radical (unpaired) electrons. The Kier molecular flexibility index (Phi) is 7.02. The number of ether oxygens (including phenoxy) is 1. The van der Waals surface area contributed by atoms with Gasteiger partial charge in [-0.3, -0.25) is 0 Å². The highest BCUT2D eigenvalue weighted by molar-refractivity contribution is 7.88. The number of carbonyl (C=O) groups is 1. The summed E-state index contributed by atoms with van der Waals surface area (Å²) in [6.07, 6.45) is -0.732. The van der Waals surface area contributed by atoms with Gasteiger partial charge in [0.1, 0.15) is 0 Å². The van der Waals surface area contributed by atoms with E-state index in [9.17, 15) is 18.3 Å². The SMILES string of the molecule is CCOC(=O)NS(=O)(=O)NCCC(O)CC. The van der Waals surface area contributed by atoms with Crippen LogP contribution >= 0.6 is 0 Å². The average molecular weight is 254 g/mol. The zero-order valence-electron chi connectivity index (χ0n) is 9.39. The van der Waals surface area contributed by atoms with Crippen LogP contribution in [0.4, 0.5) is 4.79 Å². The number of rotatable bonds is 7. The van der Waals surface area contributed by atoms with E-state index in [0.29, 0.717) is 12.8 Å². The zero-order valence-corrected chi connectivity index (χ0v) is 10.2. The Morgan fingerprint density at radius 1 is 1.44 bits per heavy atom. The molecule has 0 saturated carbocycles. The minimum atomic E-state index is -3.89. The van der Waals surface area contributed by atoms with Crippen molar-refractivity contribution < 1.29 is 23.1 Å². The molecule has 16 heavy (non-hydrogen) atoms. The summed E-state index contributed by atoms with van der Waals surface area (Å²) >= 11 is 0. The fourth-order valence-corrected chi connectivity index (χ4v) is 1.61. The molecule has 96 valence electrons. The van der Waals surface area contributed by atoms with E-state index in [0.717, 1.165) is 0 Å². The van der Waals surface area contributed by atoms with E-state index in [-0.39, 0.29) is 13.2 Å². The highest BCUT2D eigenvalue weighted by Gasteiger charge is 2.14. The Labute approximate surface area is 95.4 Å². The van der Waals surface area contributed by atoms with E-state index in [2.05, 4.69) is 9.46 Å². The van der Waals surface area contributed by atoms with Crippen LogP contribution in [0.2, 0.25) is 0 Å². The first kappa shape index (κ1) is 15.1. The molecule has 0 fully saturated rings. The normalized spacial score (nSPS) is 13.2. The first-order chi connectivity index (χ1) is 7.41. The lowest BCUT2D eigenvalue weighted by Crippen LogP contribution is -2.41. The Morgan fingerprint density at radius 3 is 2.56 bits per heavy atom. The van der Waals surface area contributed by atoms with E-state index >= 15 is 0 Å². The number of hydrogen-bond donors (Lipinski definition) is 3. The number of aliphatic hydroxyl groups is 1. The molecule has 0 aliphatic rings. The molecular formula is C8H18N2O5S. The standard InChI is InChI=1S/C8H18N2O5S/c1-3-7(11)5-6-9-16(13,14)10-8(12)15-4-2/h7,9,11H,3-6H2,1-2H3,(H,10,12). The molecule has 0 saturated heterocycles. The Balaban J connectivity index is 3.92. The van der Waals surface area contributed by atoms with Gasteiger partial charge in [-0.2, -0.15) is 13.1 Å². The van der Waals surface area contributed by atoms with Crippen molar-refractivity contribution in [1.82, 2.24) is 9.44 Å². The molecular weight excluding hydrogens is 236 g/mol. The van der Waals surface area contributed by atoms with Gasteiger partial charge in [0.2, 0.25) is 0 Å². The first-order valence-corrected chi connectivity index (χ1v) is 6.51. The van der Waals surface area contributed by atoms with Crippen molar-refractivity contribution in [3.63, 3.8) is 0 Å². The number of hydrogen-bond acceptors (Lipinski definition) is 5. The quantitative estimate of drug-likeness (QED) is 0.580. The van der Waals surface area contributed by atoms with Gasteiger partial charge in [0, 0.05) is 6.54 Å². The molecule has 3 N–H and O–H groups in total. The molecule has 0 rings (SSSR count). The molecule has 8 heteroatoms. The minimum absolute atomic E-state index is 0.0593. The monoisotopic (exact) mass is 254 g/mol. The van der Waals surface area contributed by atoms with E-state index in [1.807, 2.05) is 0 Å². The minimum Gasteiger partial charge on any atom is -0.449 e. The molecule has 0 heterocycles. The second kappa shape index (κ2) is 7.42. The van der Waals surface area contributed by atoms with E-state index in [1.54, 1.807) is 18.6 Å². The molecule has 0 aromatic heterocycles. The molecule has 1 amide bonds. The molecule has 0 aromatic rings. The maximum absolute atomic E-state index is 11.2. The predicted octanol–water partition coefficient (Wildman–Crippen LogP) is -0.272. The first-order valence-electron chi connectivity index (χ1n) is 5.03. The summed E-state index contributed by atoms with van der Waals surface area (Å²) in [5, 5.41) is 9.17. The molecule has 0 spiro atoms. The van der Waals surface area contributed by atoms with Crippen LogP contribution in [0.5, 0.6) is 0 Å². The third kappa shape index (κ3) is 7.43. The molecule has 0 aromatic carbocycles. The maximum Gasteiger partial charge on any atom is 0.421 e. The third-order valence-electron chi connectivity index (χ3n) is 1.73. The molecule has 0 bridgehead atoms. The van der Waals surface area contributed by atoms with Gasteiger partial charge >= 0.3 is 16.3 Å². The second-order valence-corrected chi connectivity index (χ2v) is 4.57. The van der Waals surface area contributed by atoms with Crippen LogP contribution < -0.4 is 9.44 Å². The summed E-state index contributed by atoms with van der Waals surface area (Å²) in [5.41, 5.74) is 0. The van der Waals surface area contributed by atoms with Gasteiger partial charge in [0.05, 0.1) is 12.7 Å². The van der Waals surface area contributed by atoms with Gasteiger partial charge in [-0.1, -0.05) is 6.92 Å². The van der Waals surface area contributed by atoms with Crippen LogP contribution in [0.15, 0.2) is 0 Å². The van der Waals surface area contributed by atoms with Crippen LogP contribution in [0.25, 0.3) is 0 Å². The lowest BCUT2D eigenvalue weighted by Gasteiger charge is -2.10. The van der Waals surface area contributed by atoms with Crippen molar-refractivity contribution in [3.05, 3.63) is 0 Å². The molecule has 0 aliphatic carbocycles. The van der Waals surface area contributed by atoms with E-state index in [1.165, 1.54) is 0 Å². The summed E-state index contributed by atoms with van der Waals surface area (Å²) in [4.78, 5) is 10.8. The van der Waals surface area contributed by atoms with Crippen LogP contribution in [-0.4, -0.2) is 38.9 Å². The zero-order chi connectivity index (χ0) is 12.6. The van der Waals surface area contributed by atoms with Gasteiger partial charge < -0.3 is 9.84 Å². The lowest BCUT2D eigenvalue weighted by molar-refractivity contribution is 0.158. The Bertz CT molecular complexity index is 304. The van der Waals surface area contributed by atoms with Crippen molar-refractivity contribution >= 4 is 16.3 Å². The summed E-state index contributed by atoms with van der Waals surface area (Å²) in [5.74, 6) is 0. The number of amides is 1. The van der Waals surface area contributed by atoms with Crippen LogP contribution in [0.3, 0.4) is 0 Å². The molecule has 1 unspecified atom stereocenters. The maximum atomic E-state index is 11.2. The number of carbonyl (C=O) groups excluding carboxylic acids is 1. The summed E-state index contributed by atoms with van der Waals surface area (Å²) in [6, 6.07) is 0. The molecule has 7 nitrogen and oxygen atoms in total. The Hall–Kier alpha value is -0.860. The summed E-state index contributed by atoms with van der Waals surface area (Å²) in [7, 11) is -3.89. The number of aliphatic hydroxyl groups excluding tert-OH is 1. The lowest BCUT2D eigenvalue weighted by atomic mass is 10.2. The number of nitrogens with one attached hydrogen (secondary N) is 2. The molecule has 1 atom stereocenters. The van der Waals surface area contributed by atoms with E-state index < -0.39 is 22.4 Å². The van der Waals surface area contributed by atoms with Crippen molar-refractivity contribution in [2.24, 2.45) is 0 Å². The van der Waals surface area contributed by atoms with Gasteiger partial charge in [-0.05, 0) is 19.8 Å². The van der Waals surface area contributed by atoms with Gasteiger partial charge in [-0.25, -0.2) is 9.52 Å². The highest BCUT2D eigenvalue weighted by atomic mass is 32.2. The van der Waals surface area contributed by atoms with E-state index in [4.69, 9.17) is 0 Å². The van der Waals surface area contributed by atoms with Crippen molar-refractivity contribution in [1.29, 1.82) is 0 Å². The fraction of sp³-hybridized carbons (Fsp3) is 0.875. The van der Waals surface area contributed by atoms with Crippen LogP contribution in [-0.2, 0) is 14.9 Å². The molecule has 0 aliphatic heterocycles. The van der Waals surface area contributed by atoms with Gasteiger partial charge in [0.15, 0.2) is 0 Å². The predicted molar refractivity (Wildman–Crippen MR) is 58.0 cm³/mol. The van der Waals surface area contributed by atoms with Crippen LogP contribution in [0.1, 0.15) is 26.7 Å². The van der Waals surface area contributed by atoms with Gasteiger partial charge in [0.25, 0.3) is 0 Å². The average Bonchev–Trinajstić information content (AvgIpc) is 2.16. The van der Waals surface area contributed by atoms with Crippen molar-refractivity contribution in [3.8, 4) is 0 Å². The topological polar surface area (TPSA) is 105 Å². The summed E-state index contributed by atoms with van der Waals surface area (Å²) in [6.45, 7) is 3.51.